The van der Waals surface area contributed by atoms with Gasteiger partial charge in [-0.25, -0.2) is 4.99 Å². The van der Waals surface area contributed by atoms with Gasteiger partial charge in [0.25, 0.3) is 0 Å². The van der Waals surface area contributed by atoms with Crippen LogP contribution in [0.4, 0.5) is 11.4 Å². The fourth-order valence-corrected chi connectivity index (χ4v) is 5.61. The molecule has 4 aliphatic rings. The minimum atomic E-state index is -0.596. The average molecular weight is 478 g/mol. The molecular formula is C28H14ClN2O4+. The molecule has 35 heavy (non-hydrogen) atoms. The molecule has 3 aliphatic carbocycles. The van der Waals surface area contributed by atoms with Crippen molar-refractivity contribution in [3.05, 3.63) is 116 Å². The fourth-order valence-electron chi connectivity index (χ4n) is 5.35. The van der Waals surface area contributed by atoms with Crippen molar-refractivity contribution in [2.75, 3.05) is 5.32 Å². The molecule has 0 spiro atoms. The van der Waals surface area contributed by atoms with Gasteiger partial charge in [0, 0.05) is 39.5 Å². The van der Waals surface area contributed by atoms with Crippen LogP contribution in [0, 0.1) is 0 Å². The number of carbonyl (C=O) groups is 4. The Morgan fingerprint density at radius 2 is 1.37 bits per heavy atom. The van der Waals surface area contributed by atoms with E-state index in [-0.39, 0.29) is 50.4 Å². The topological polar surface area (TPSA) is 94.3 Å². The molecule has 3 aromatic rings. The van der Waals surface area contributed by atoms with Crippen LogP contribution >= 0.6 is 11.6 Å². The van der Waals surface area contributed by atoms with Gasteiger partial charge in [-0.3, -0.25) is 19.2 Å². The maximum Gasteiger partial charge on any atom is 0.239 e. The van der Waals surface area contributed by atoms with Gasteiger partial charge in [0.2, 0.25) is 17.2 Å². The minimum Gasteiger partial charge on any atom is -0.364 e. The van der Waals surface area contributed by atoms with Crippen LogP contribution in [-0.4, -0.2) is 34.9 Å². The average Bonchev–Trinajstić information content (AvgIpc) is 2.88. The highest BCUT2D eigenvalue weighted by molar-refractivity contribution is 6.40. The molecular weight excluding hydrogens is 464 g/mol. The largest absolute Gasteiger partial charge is 0.364 e. The second-order valence-corrected chi connectivity index (χ2v) is 9.16. The molecule has 166 valence electrons. The SMILES string of the molecule is O=C1C2=C(C(=O)c3ccccc31)C1Nc3ccc4c(c3[NH+]=C1C=C2)C(=O)c1cccc(Cl)c1C4=O. The van der Waals surface area contributed by atoms with Gasteiger partial charge in [-0.2, -0.15) is 0 Å². The predicted molar refractivity (Wildman–Crippen MR) is 129 cm³/mol. The van der Waals surface area contributed by atoms with Gasteiger partial charge < -0.3 is 5.32 Å². The lowest BCUT2D eigenvalue weighted by atomic mass is 9.76. The Morgan fingerprint density at radius 1 is 0.686 bits per heavy atom. The van der Waals surface area contributed by atoms with Gasteiger partial charge in [-0.05, 0) is 24.3 Å². The van der Waals surface area contributed by atoms with Crippen molar-refractivity contribution in [3.63, 3.8) is 0 Å². The quantitative estimate of drug-likeness (QED) is 0.406. The smallest absolute Gasteiger partial charge is 0.239 e. The van der Waals surface area contributed by atoms with Crippen LogP contribution in [0.1, 0.15) is 52.6 Å². The summed E-state index contributed by atoms with van der Waals surface area (Å²) < 4.78 is 0. The van der Waals surface area contributed by atoms with E-state index >= 15 is 0 Å². The van der Waals surface area contributed by atoms with Crippen molar-refractivity contribution in [2.24, 2.45) is 0 Å². The zero-order chi connectivity index (χ0) is 24.0. The van der Waals surface area contributed by atoms with Crippen molar-refractivity contribution in [3.8, 4) is 0 Å². The zero-order valence-corrected chi connectivity index (χ0v) is 18.7. The summed E-state index contributed by atoms with van der Waals surface area (Å²) in [5, 5.41) is 3.57. The Labute approximate surface area is 203 Å². The van der Waals surface area contributed by atoms with E-state index in [0.717, 1.165) is 0 Å². The number of allylic oxidation sites excluding steroid dienone is 2. The van der Waals surface area contributed by atoms with Crippen molar-refractivity contribution in [1.29, 1.82) is 0 Å². The van der Waals surface area contributed by atoms with E-state index in [1.54, 1.807) is 66.7 Å². The number of nitrogens with one attached hydrogen (secondary N) is 2. The Morgan fingerprint density at radius 3 is 2.17 bits per heavy atom. The van der Waals surface area contributed by atoms with E-state index in [4.69, 9.17) is 11.6 Å². The van der Waals surface area contributed by atoms with Crippen molar-refractivity contribution in [2.45, 2.75) is 6.04 Å². The van der Waals surface area contributed by atoms with Crippen molar-refractivity contribution >= 4 is 51.8 Å². The van der Waals surface area contributed by atoms with Gasteiger partial charge in [0.1, 0.15) is 17.3 Å². The lowest BCUT2D eigenvalue weighted by Crippen LogP contribution is -2.74. The highest BCUT2D eigenvalue weighted by atomic mass is 35.5. The molecule has 1 unspecified atom stereocenters. The van der Waals surface area contributed by atoms with E-state index in [0.29, 0.717) is 39.4 Å². The summed E-state index contributed by atoms with van der Waals surface area (Å²) in [6, 6.07) is 14.3. The number of ketones is 4. The highest BCUT2D eigenvalue weighted by Gasteiger charge is 2.44. The third-order valence-corrected chi connectivity index (χ3v) is 7.27. The van der Waals surface area contributed by atoms with E-state index in [1.807, 2.05) is 0 Å². The normalized spacial score (nSPS) is 19.1. The molecule has 1 heterocycles. The lowest BCUT2D eigenvalue weighted by Gasteiger charge is -2.30. The standard InChI is InChI=1S/C28H13ClN2O4/c29-17-7-3-6-14-20(17)27(34)16-9-11-19-24(22(16)28(14)35)31-18-10-8-15-21(23(18)30-19)26(33)13-5-2-1-4-12(13)25(15)32/h1-11,23,30H/p+1. The molecule has 0 saturated heterocycles. The second kappa shape index (κ2) is 6.81. The summed E-state index contributed by atoms with van der Waals surface area (Å²) in [6.45, 7) is 0. The summed E-state index contributed by atoms with van der Waals surface area (Å²) in [5.41, 5.74) is 4.10. The molecule has 0 radical (unpaired) electrons. The zero-order valence-electron chi connectivity index (χ0n) is 17.9. The van der Waals surface area contributed by atoms with Gasteiger partial charge in [-0.15, -0.1) is 0 Å². The molecule has 0 bridgehead atoms. The first-order valence-electron chi connectivity index (χ1n) is 11.0. The number of Topliss-reactive ketones (excluding diaryl/α,β-unsaturated/α-hetero) is 2. The van der Waals surface area contributed by atoms with Gasteiger partial charge in [-0.1, -0.05) is 48.0 Å². The number of benzene rings is 3. The van der Waals surface area contributed by atoms with Crippen LogP contribution in [-0.2, 0) is 0 Å². The number of hydrogen-bond donors (Lipinski definition) is 2. The van der Waals surface area contributed by atoms with Crippen molar-refractivity contribution in [1.82, 2.24) is 0 Å². The van der Waals surface area contributed by atoms with Crippen LogP contribution in [0.5, 0.6) is 0 Å². The summed E-state index contributed by atoms with van der Waals surface area (Å²) in [5.74, 6) is -1.03. The molecule has 2 N–H and O–H groups in total. The van der Waals surface area contributed by atoms with Crippen LogP contribution in [0.2, 0.25) is 5.02 Å². The second-order valence-electron chi connectivity index (χ2n) is 8.75. The predicted octanol–water partition coefficient (Wildman–Crippen LogP) is 3.01. The first kappa shape index (κ1) is 20.0. The molecule has 0 amide bonds. The Balaban J connectivity index is 1.39. The maximum atomic E-state index is 13.5. The van der Waals surface area contributed by atoms with E-state index < -0.39 is 6.04 Å². The maximum absolute atomic E-state index is 13.5. The van der Waals surface area contributed by atoms with E-state index in [2.05, 4.69) is 10.3 Å². The molecule has 7 rings (SSSR count). The lowest BCUT2D eigenvalue weighted by molar-refractivity contribution is -0.355. The first-order valence-corrected chi connectivity index (χ1v) is 11.4. The number of carbonyl (C=O) groups excluding carboxylic acids is 4. The number of anilines is 1. The number of hydrogen-bond acceptors (Lipinski definition) is 5. The molecule has 0 fully saturated rings. The molecule has 0 aromatic heterocycles. The first-order chi connectivity index (χ1) is 17.0. The highest BCUT2D eigenvalue weighted by Crippen LogP contribution is 2.39. The molecule has 1 atom stereocenters. The third-order valence-electron chi connectivity index (χ3n) is 6.96. The van der Waals surface area contributed by atoms with Gasteiger partial charge >= 0.3 is 0 Å². The Kier molecular flexibility index (Phi) is 3.89. The number of fused-ring (bicyclic) bond motifs is 7. The summed E-state index contributed by atoms with van der Waals surface area (Å²) in [6.07, 6.45) is 3.37. The molecule has 3 aromatic carbocycles. The number of halogens is 1. The van der Waals surface area contributed by atoms with Crippen molar-refractivity contribution < 1.29 is 24.2 Å². The van der Waals surface area contributed by atoms with E-state index in [1.165, 1.54) is 0 Å². The summed E-state index contributed by atoms with van der Waals surface area (Å²) in [7, 11) is 0. The van der Waals surface area contributed by atoms with Gasteiger partial charge in [0.05, 0.1) is 10.6 Å². The number of rotatable bonds is 0. The summed E-state index contributed by atoms with van der Waals surface area (Å²) >= 11 is 6.25. The van der Waals surface area contributed by atoms with Crippen LogP contribution in [0.3, 0.4) is 0 Å². The van der Waals surface area contributed by atoms with Crippen LogP contribution in [0.15, 0.2) is 77.9 Å². The molecule has 0 saturated carbocycles. The van der Waals surface area contributed by atoms with Crippen LogP contribution < -0.4 is 10.3 Å². The fraction of sp³-hybridized carbons (Fsp3) is 0.0357. The molecule has 1 aliphatic heterocycles. The van der Waals surface area contributed by atoms with E-state index in [9.17, 15) is 19.2 Å². The molecule has 6 nitrogen and oxygen atoms in total. The minimum absolute atomic E-state index is 0.196. The van der Waals surface area contributed by atoms with Gasteiger partial charge in [0.15, 0.2) is 17.3 Å². The Hall–Kier alpha value is -4.42. The van der Waals surface area contributed by atoms with Crippen LogP contribution in [0.25, 0.3) is 0 Å². The third kappa shape index (κ3) is 2.52. The Bertz CT molecular complexity index is 1710. The monoisotopic (exact) mass is 477 g/mol. The molecule has 7 heteroatoms. The summed E-state index contributed by atoms with van der Waals surface area (Å²) in [4.78, 5) is 56.5.